The number of nitrogens with one attached hydrogen (secondary N) is 1. The standard InChI is InChI=1S/C6H10N4O/c1-9-6(11)5-2-3-7-10(5)4-8-9/h4-5,7H,2-3H2,1H3. The average molecular weight is 154 g/mol. The van der Waals surface area contributed by atoms with Gasteiger partial charge < -0.3 is 0 Å². The van der Waals surface area contributed by atoms with Gasteiger partial charge >= 0.3 is 0 Å². The zero-order chi connectivity index (χ0) is 7.84. The molecule has 2 aliphatic heterocycles. The number of hydrazine groups is 1. The minimum absolute atomic E-state index is 0.0301. The van der Waals surface area contributed by atoms with Crippen molar-refractivity contribution in [2.24, 2.45) is 5.10 Å². The Morgan fingerprint density at radius 2 is 2.64 bits per heavy atom. The highest BCUT2D eigenvalue weighted by Gasteiger charge is 2.33. The summed E-state index contributed by atoms with van der Waals surface area (Å²) in [7, 11) is 1.68. The normalized spacial score (nSPS) is 29.5. The van der Waals surface area contributed by atoms with Crippen LogP contribution in [0, 0.1) is 0 Å². The van der Waals surface area contributed by atoms with E-state index in [1.807, 2.05) is 0 Å². The van der Waals surface area contributed by atoms with Crippen LogP contribution in [0.3, 0.4) is 0 Å². The smallest absolute Gasteiger partial charge is 0.266 e. The molecule has 0 saturated carbocycles. The van der Waals surface area contributed by atoms with E-state index in [0.717, 1.165) is 13.0 Å². The number of rotatable bonds is 0. The highest BCUT2D eigenvalue weighted by atomic mass is 16.2. The summed E-state index contributed by atoms with van der Waals surface area (Å²) in [4.78, 5) is 11.3. The molecule has 60 valence electrons. The van der Waals surface area contributed by atoms with Crippen molar-refractivity contribution in [2.75, 3.05) is 13.6 Å². The highest BCUT2D eigenvalue weighted by Crippen LogP contribution is 2.13. The molecule has 1 unspecified atom stereocenters. The Labute approximate surface area is 64.6 Å². The number of hydrogen-bond acceptors (Lipinski definition) is 4. The fraction of sp³-hybridized carbons (Fsp3) is 0.667. The molecule has 2 aliphatic rings. The van der Waals surface area contributed by atoms with E-state index in [2.05, 4.69) is 10.5 Å². The van der Waals surface area contributed by atoms with Crippen LogP contribution in [0.15, 0.2) is 5.10 Å². The number of fused-ring (bicyclic) bond motifs is 1. The van der Waals surface area contributed by atoms with Crippen molar-refractivity contribution in [3.63, 3.8) is 0 Å². The summed E-state index contributed by atoms with van der Waals surface area (Å²) in [6.45, 7) is 0.857. The molecule has 11 heavy (non-hydrogen) atoms. The molecule has 0 spiro atoms. The van der Waals surface area contributed by atoms with Crippen LogP contribution in [0.2, 0.25) is 0 Å². The lowest BCUT2D eigenvalue weighted by atomic mass is 10.2. The molecular weight excluding hydrogens is 144 g/mol. The van der Waals surface area contributed by atoms with Crippen LogP contribution in [-0.4, -0.2) is 41.9 Å². The molecular formula is C6H10N4O. The Kier molecular flexibility index (Phi) is 1.32. The number of carbonyl (C=O) groups is 1. The number of carbonyl (C=O) groups excluding carboxylic acids is 1. The predicted molar refractivity (Wildman–Crippen MR) is 39.5 cm³/mol. The Hall–Kier alpha value is -1.10. The van der Waals surface area contributed by atoms with E-state index in [-0.39, 0.29) is 11.9 Å². The van der Waals surface area contributed by atoms with Crippen LogP contribution in [0.25, 0.3) is 0 Å². The van der Waals surface area contributed by atoms with Crippen LogP contribution >= 0.6 is 0 Å². The van der Waals surface area contributed by atoms with E-state index in [4.69, 9.17) is 0 Å². The zero-order valence-corrected chi connectivity index (χ0v) is 6.32. The maximum Gasteiger partial charge on any atom is 0.266 e. The Morgan fingerprint density at radius 1 is 1.82 bits per heavy atom. The van der Waals surface area contributed by atoms with Gasteiger partial charge in [-0.25, -0.2) is 10.4 Å². The SMILES string of the molecule is CN1N=CN2NCCC2C1=O. The molecule has 0 bridgehead atoms. The molecule has 1 amide bonds. The zero-order valence-electron chi connectivity index (χ0n) is 6.32. The number of hydrogen-bond donors (Lipinski definition) is 1. The van der Waals surface area contributed by atoms with Crippen molar-refractivity contribution in [1.82, 2.24) is 15.4 Å². The molecule has 0 aromatic carbocycles. The first-order valence-corrected chi connectivity index (χ1v) is 3.62. The van der Waals surface area contributed by atoms with E-state index >= 15 is 0 Å². The molecule has 5 nitrogen and oxygen atoms in total. The van der Waals surface area contributed by atoms with Gasteiger partial charge in [-0.1, -0.05) is 0 Å². The Bertz CT molecular complexity index is 215. The lowest BCUT2D eigenvalue weighted by Gasteiger charge is -2.27. The van der Waals surface area contributed by atoms with Gasteiger partial charge in [0, 0.05) is 13.6 Å². The van der Waals surface area contributed by atoms with E-state index in [1.54, 1.807) is 18.4 Å². The molecule has 1 atom stereocenters. The average Bonchev–Trinajstić information content (AvgIpc) is 2.45. The molecule has 5 heteroatoms. The van der Waals surface area contributed by atoms with Crippen LogP contribution < -0.4 is 5.43 Å². The largest absolute Gasteiger partial charge is 0.284 e. The second kappa shape index (κ2) is 2.20. The van der Waals surface area contributed by atoms with Crippen molar-refractivity contribution in [3.05, 3.63) is 0 Å². The van der Waals surface area contributed by atoms with Crippen molar-refractivity contribution < 1.29 is 4.79 Å². The summed E-state index contributed by atoms with van der Waals surface area (Å²) >= 11 is 0. The minimum Gasteiger partial charge on any atom is -0.284 e. The van der Waals surface area contributed by atoms with Gasteiger partial charge in [0.2, 0.25) is 0 Å². The first-order chi connectivity index (χ1) is 5.29. The Balaban J connectivity index is 2.24. The summed E-state index contributed by atoms with van der Waals surface area (Å²) in [6, 6.07) is -0.0301. The van der Waals surface area contributed by atoms with Gasteiger partial charge in [0.1, 0.15) is 12.4 Å². The van der Waals surface area contributed by atoms with E-state index in [9.17, 15) is 4.79 Å². The summed E-state index contributed by atoms with van der Waals surface area (Å²) in [5.74, 6) is 0.0671. The molecule has 0 aromatic rings. The van der Waals surface area contributed by atoms with Crippen LogP contribution in [0.1, 0.15) is 6.42 Å². The molecule has 0 aromatic heterocycles. The quantitative estimate of drug-likeness (QED) is 0.486. The fourth-order valence-electron chi connectivity index (χ4n) is 1.35. The summed E-state index contributed by atoms with van der Waals surface area (Å²) in [6.07, 6.45) is 2.52. The topological polar surface area (TPSA) is 47.9 Å². The van der Waals surface area contributed by atoms with Gasteiger partial charge in [-0.3, -0.25) is 9.80 Å². The van der Waals surface area contributed by atoms with Crippen LogP contribution in [0.5, 0.6) is 0 Å². The molecule has 1 fully saturated rings. The summed E-state index contributed by atoms with van der Waals surface area (Å²) in [5.41, 5.74) is 3.05. The van der Waals surface area contributed by atoms with Crippen molar-refractivity contribution in [2.45, 2.75) is 12.5 Å². The maximum atomic E-state index is 11.3. The van der Waals surface area contributed by atoms with Gasteiger partial charge in [-0.05, 0) is 6.42 Å². The molecule has 1 saturated heterocycles. The fourth-order valence-corrected chi connectivity index (χ4v) is 1.35. The Morgan fingerprint density at radius 3 is 3.45 bits per heavy atom. The second-order valence-electron chi connectivity index (χ2n) is 2.71. The highest BCUT2D eigenvalue weighted by molar-refractivity contribution is 5.86. The lowest BCUT2D eigenvalue weighted by Crippen LogP contribution is -2.49. The number of amides is 1. The molecule has 0 aliphatic carbocycles. The molecule has 2 rings (SSSR count). The van der Waals surface area contributed by atoms with Gasteiger partial charge in [-0.2, -0.15) is 5.10 Å². The lowest BCUT2D eigenvalue weighted by molar-refractivity contribution is -0.135. The van der Waals surface area contributed by atoms with Crippen molar-refractivity contribution in [1.29, 1.82) is 0 Å². The van der Waals surface area contributed by atoms with Gasteiger partial charge in [0.15, 0.2) is 0 Å². The molecule has 2 heterocycles. The predicted octanol–water partition coefficient (Wildman–Crippen LogP) is -1.02. The molecule has 1 N–H and O–H groups in total. The van der Waals surface area contributed by atoms with E-state index in [1.165, 1.54) is 5.01 Å². The first kappa shape index (κ1) is 6.60. The van der Waals surface area contributed by atoms with Crippen molar-refractivity contribution in [3.8, 4) is 0 Å². The number of hydrazone groups is 1. The van der Waals surface area contributed by atoms with Gasteiger partial charge in [0.25, 0.3) is 5.91 Å². The van der Waals surface area contributed by atoms with E-state index < -0.39 is 0 Å². The first-order valence-electron chi connectivity index (χ1n) is 3.62. The molecule has 0 radical (unpaired) electrons. The third-order valence-corrected chi connectivity index (χ3v) is 2.00. The van der Waals surface area contributed by atoms with Gasteiger partial charge in [0.05, 0.1) is 0 Å². The summed E-state index contributed by atoms with van der Waals surface area (Å²) in [5, 5.41) is 7.03. The van der Waals surface area contributed by atoms with Crippen LogP contribution in [-0.2, 0) is 4.79 Å². The third kappa shape index (κ3) is 0.883. The monoisotopic (exact) mass is 154 g/mol. The number of likely N-dealkylation sites (N-methyl/N-ethyl adjacent to an activating group) is 1. The second-order valence-corrected chi connectivity index (χ2v) is 2.71. The van der Waals surface area contributed by atoms with E-state index in [0.29, 0.717) is 0 Å². The summed E-state index contributed by atoms with van der Waals surface area (Å²) < 4.78 is 0. The minimum atomic E-state index is -0.0301. The third-order valence-electron chi connectivity index (χ3n) is 2.00. The van der Waals surface area contributed by atoms with Gasteiger partial charge in [-0.15, -0.1) is 0 Å². The van der Waals surface area contributed by atoms with Crippen LogP contribution in [0.4, 0.5) is 0 Å². The van der Waals surface area contributed by atoms with Crippen molar-refractivity contribution >= 4 is 12.2 Å². The number of nitrogens with zero attached hydrogens (tertiary/aromatic N) is 3. The maximum absolute atomic E-state index is 11.3.